The monoisotopic (exact) mass is 376 g/mol. The Morgan fingerprint density at radius 1 is 1.35 bits per heavy atom. The average Bonchev–Trinajstić information content (AvgIpc) is 3.46. The van der Waals surface area contributed by atoms with E-state index in [0.29, 0.717) is 31.7 Å². The van der Waals surface area contributed by atoms with E-state index in [4.69, 9.17) is 9.52 Å². The van der Waals surface area contributed by atoms with Crippen molar-refractivity contribution in [2.24, 2.45) is 0 Å². The van der Waals surface area contributed by atoms with Crippen LogP contribution in [-0.4, -0.2) is 56.1 Å². The van der Waals surface area contributed by atoms with Crippen LogP contribution in [0.1, 0.15) is 25.7 Å². The number of piperidine rings is 1. The Hall–Kier alpha value is -1.93. The van der Waals surface area contributed by atoms with Crippen molar-refractivity contribution in [2.45, 2.75) is 36.5 Å². The molecule has 1 aromatic heterocycles. The van der Waals surface area contributed by atoms with Crippen LogP contribution in [0.25, 0.3) is 10.9 Å². The molecule has 140 valence electrons. The van der Waals surface area contributed by atoms with E-state index in [1.807, 2.05) is 18.2 Å². The molecule has 2 fully saturated rings. The summed E-state index contributed by atoms with van der Waals surface area (Å²) < 4.78 is 26.0. The number of para-hydroxylation sites is 1. The molecule has 2 N–H and O–H groups in total. The topological polar surface area (TPSA) is 99.4 Å². The summed E-state index contributed by atoms with van der Waals surface area (Å²) >= 11 is 0. The molecule has 4 rings (SSSR count). The predicted octanol–water partition coefficient (Wildman–Crippen LogP) is 2.18. The molecule has 1 saturated carbocycles. The Morgan fingerprint density at radius 3 is 2.73 bits per heavy atom. The molecule has 1 aliphatic heterocycles. The predicted molar refractivity (Wildman–Crippen MR) is 101 cm³/mol. The van der Waals surface area contributed by atoms with Gasteiger partial charge in [0.15, 0.2) is 0 Å². The van der Waals surface area contributed by atoms with Crippen LogP contribution in [0.15, 0.2) is 24.5 Å². The Kier molecular flexibility index (Phi) is 4.27. The van der Waals surface area contributed by atoms with Gasteiger partial charge < -0.3 is 14.7 Å². The van der Waals surface area contributed by atoms with E-state index >= 15 is 0 Å². The molecule has 2 aromatic rings. The summed E-state index contributed by atoms with van der Waals surface area (Å²) in [6.45, 7) is 1.22. The fraction of sp³-hybridized carbons (Fsp3) is 0.556. The number of hydrogen-bond acceptors (Lipinski definition) is 7. The highest BCUT2D eigenvalue weighted by atomic mass is 32.2. The first-order valence-corrected chi connectivity index (χ1v) is 10.7. The first-order valence-electron chi connectivity index (χ1n) is 8.92. The first-order chi connectivity index (χ1) is 12.4. The number of rotatable bonds is 5. The Morgan fingerprint density at radius 2 is 2.08 bits per heavy atom. The Bertz CT molecular complexity index is 919. The van der Waals surface area contributed by atoms with Gasteiger partial charge in [-0.25, -0.2) is 14.2 Å². The van der Waals surface area contributed by atoms with Crippen LogP contribution in [0, 0.1) is 4.78 Å². The maximum absolute atomic E-state index is 12.5. The maximum Gasteiger partial charge on any atom is 0.145 e. The van der Waals surface area contributed by atoms with Gasteiger partial charge in [0.1, 0.15) is 23.4 Å². The highest BCUT2D eigenvalue weighted by Crippen LogP contribution is 2.36. The lowest BCUT2D eigenvalue weighted by Gasteiger charge is -2.39. The van der Waals surface area contributed by atoms with Crippen molar-refractivity contribution in [3.05, 3.63) is 24.5 Å². The van der Waals surface area contributed by atoms with Crippen LogP contribution in [0.3, 0.4) is 0 Å². The van der Waals surface area contributed by atoms with Gasteiger partial charge in [-0.15, -0.1) is 0 Å². The standard InChI is InChI=1S/C18H24N4O3S/c1-25-15-4-2-3-14-16(15)20-12-21-17(14)22-9-7-18(23,8-10-22)11-26(19,24)13-5-6-13/h2-4,12-13,19,23H,5-11H2,1H3/t26-/m1/s1. The third-order valence-corrected chi connectivity index (χ3v) is 7.88. The molecule has 1 saturated heterocycles. The molecule has 0 radical (unpaired) electrons. The number of ether oxygens (including phenoxy) is 1. The smallest absolute Gasteiger partial charge is 0.145 e. The summed E-state index contributed by atoms with van der Waals surface area (Å²) in [6, 6.07) is 5.76. The summed E-state index contributed by atoms with van der Waals surface area (Å²) in [7, 11) is -1.06. The lowest BCUT2D eigenvalue weighted by molar-refractivity contribution is 0.0387. The molecule has 7 nitrogen and oxygen atoms in total. The highest BCUT2D eigenvalue weighted by molar-refractivity contribution is 7.93. The quantitative estimate of drug-likeness (QED) is 0.830. The minimum absolute atomic E-state index is 0.0113. The van der Waals surface area contributed by atoms with Gasteiger partial charge in [0.25, 0.3) is 0 Å². The zero-order valence-electron chi connectivity index (χ0n) is 14.9. The van der Waals surface area contributed by atoms with Crippen LogP contribution in [0.4, 0.5) is 5.82 Å². The number of hydrogen-bond donors (Lipinski definition) is 2. The van der Waals surface area contributed by atoms with Crippen LogP contribution in [0.2, 0.25) is 0 Å². The molecule has 0 amide bonds. The molecule has 0 spiro atoms. The minimum atomic E-state index is -2.68. The van der Waals surface area contributed by atoms with Gasteiger partial charge in [-0.3, -0.25) is 4.78 Å². The van der Waals surface area contributed by atoms with Crippen molar-refractivity contribution in [2.75, 3.05) is 30.9 Å². The highest BCUT2D eigenvalue weighted by Gasteiger charge is 2.41. The van der Waals surface area contributed by atoms with E-state index in [0.717, 1.165) is 29.6 Å². The number of anilines is 1. The van der Waals surface area contributed by atoms with Crippen molar-refractivity contribution < 1.29 is 14.1 Å². The summed E-state index contributed by atoms with van der Waals surface area (Å²) in [4.78, 5) is 10.9. The fourth-order valence-corrected chi connectivity index (χ4v) is 5.93. The van der Waals surface area contributed by atoms with Crippen LogP contribution < -0.4 is 9.64 Å². The number of aromatic nitrogens is 2. The second kappa shape index (κ2) is 6.35. The second-order valence-electron chi connectivity index (χ2n) is 7.34. The number of fused-ring (bicyclic) bond motifs is 1. The zero-order chi connectivity index (χ0) is 18.4. The average molecular weight is 376 g/mol. The lowest BCUT2D eigenvalue weighted by Crippen LogP contribution is -2.48. The van der Waals surface area contributed by atoms with Gasteiger partial charge in [0.05, 0.1) is 18.5 Å². The summed E-state index contributed by atoms with van der Waals surface area (Å²) in [5, 5.41) is 11.8. The third-order valence-electron chi connectivity index (χ3n) is 5.37. The number of benzene rings is 1. The van der Waals surface area contributed by atoms with Gasteiger partial charge in [-0.1, -0.05) is 6.07 Å². The third kappa shape index (κ3) is 3.23. The normalized spacial score (nSPS) is 22.2. The fourth-order valence-electron chi connectivity index (χ4n) is 3.71. The zero-order valence-corrected chi connectivity index (χ0v) is 15.7. The van der Waals surface area contributed by atoms with E-state index in [1.54, 1.807) is 7.11 Å². The first kappa shape index (κ1) is 17.5. The van der Waals surface area contributed by atoms with Crippen LogP contribution >= 0.6 is 0 Å². The second-order valence-corrected chi connectivity index (χ2v) is 9.74. The molecule has 8 heteroatoms. The lowest BCUT2D eigenvalue weighted by atomic mass is 9.93. The van der Waals surface area contributed by atoms with E-state index in [9.17, 15) is 9.32 Å². The van der Waals surface area contributed by atoms with Crippen molar-refractivity contribution >= 4 is 26.4 Å². The largest absolute Gasteiger partial charge is 0.494 e. The molecule has 1 atom stereocenters. The van der Waals surface area contributed by atoms with Crippen molar-refractivity contribution in [3.8, 4) is 5.75 Å². The van der Waals surface area contributed by atoms with Gasteiger partial charge in [0.2, 0.25) is 0 Å². The molecule has 0 unspecified atom stereocenters. The van der Waals surface area contributed by atoms with Crippen molar-refractivity contribution in [1.82, 2.24) is 9.97 Å². The van der Waals surface area contributed by atoms with E-state index in [1.165, 1.54) is 6.33 Å². The SMILES string of the molecule is COc1cccc2c(N3CCC(O)(C[S@@](=N)(=O)C4CC4)CC3)ncnc12. The molecular weight excluding hydrogens is 352 g/mol. The number of nitrogens with one attached hydrogen (secondary N) is 1. The molecule has 1 aliphatic carbocycles. The molecule has 2 aliphatic rings. The van der Waals surface area contributed by atoms with E-state index in [-0.39, 0.29) is 11.0 Å². The molecule has 2 heterocycles. The number of aliphatic hydroxyl groups is 1. The van der Waals surface area contributed by atoms with E-state index < -0.39 is 15.3 Å². The van der Waals surface area contributed by atoms with Gasteiger partial charge >= 0.3 is 0 Å². The minimum Gasteiger partial charge on any atom is -0.494 e. The van der Waals surface area contributed by atoms with Crippen molar-refractivity contribution in [1.29, 1.82) is 4.78 Å². The van der Waals surface area contributed by atoms with Gasteiger partial charge in [0, 0.05) is 33.5 Å². The molecule has 1 aromatic carbocycles. The molecule has 26 heavy (non-hydrogen) atoms. The summed E-state index contributed by atoms with van der Waals surface area (Å²) in [5.74, 6) is 1.62. The van der Waals surface area contributed by atoms with Crippen LogP contribution in [0.5, 0.6) is 5.75 Å². The summed E-state index contributed by atoms with van der Waals surface area (Å²) in [6.07, 6.45) is 4.24. The maximum atomic E-state index is 12.5. The molecule has 0 bridgehead atoms. The Balaban J connectivity index is 1.54. The van der Waals surface area contributed by atoms with Gasteiger partial charge in [-0.2, -0.15) is 0 Å². The molecular formula is C18H24N4O3S. The van der Waals surface area contributed by atoms with Gasteiger partial charge in [-0.05, 0) is 37.8 Å². The number of methoxy groups -OCH3 is 1. The summed E-state index contributed by atoms with van der Waals surface area (Å²) in [5.41, 5.74) is -0.248. The van der Waals surface area contributed by atoms with Crippen LogP contribution in [-0.2, 0) is 9.73 Å². The van der Waals surface area contributed by atoms with E-state index in [2.05, 4.69) is 14.9 Å². The number of nitrogens with zero attached hydrogens (tertiary/aromatic N) is 3. The van der Waals surface area contributed by atoms with Crippen molar-refractivity contribution in [3.63, 3.8) is 0 Å². The Labute approximate surface area is 153 Å².